The summed E-state index contributed by atoms with van der Waals surface area (Å²) in [5, 5.41) is 5.95. The number of aryl methyl sites for hydroxylation is 1. The highest BCUT2D eigenvalue weighted by atomic mass is 31.2. The van der Waals surface area contributed by atoms with Gasteiger partial charge in [0.2, 0.25) is 6.79 Å². The van der Waals surface area contributed by atoms with Gasteiger partial charge in [0.05, 0.1) is 24.4 Å². The molecule has 3 rings (SSSR count). The van der Waals surface area contributed by atoms with E-state index < -0.39 is 20.6 Å². The van der Waals surface area contributed by atoms with Crippen LogP contribution in [0.1, 0.15) is 70.1 Å². The Labute approximate surface area is 273 Å². The average Bonchev–Trinajstić information content (AvgIpc) is 2.99. The van der Waals surface area contributed by atoms with Gasteiger partial charge in [0.25, 0.3) is 0 Å². The molecule has 0 heterocycles. The lowest BCUT2D eigenvalue weighted by atomic mass is 9.92. The first-order chi connectivity index (χ1) is 21.8. The Morgan fingerprint density at radius 1 is 0.891 bits per heavy atom. The number of esters is 1. The van der Waals surface area contributed by atoms with Crippen LogP contribution in [0.2, 0.25) is 0 Å². The van der Waals surface area contributed by atoms with E-state index in [0.717, 1.165) is 29.9 Å². The molecule has 0 saturated carbocycles. The minimum Gasteiger partial charge on any atom is -0.438 e. The SMILES string of the molecule is CCC(CC(=O)OCOP(=O)(O)OCc1ccccc1)c1ccc(N(CC(C)C)CC(C)C)c(NC(=O)Nc2ccc(C)cc2)c1. The largest absolute Gasteiger partial charge is 0.475 e. The molecule has 3 aromatic carbocycles. The molecule has 10 nitrogen and oxygen atoms in total. The second kappa shape index (κ2) is 17.9. The molecule has 2 unspecified atom stereocenters. The summed E-state index contributed by atoms with van der Waals surface area (Å²) in [5.74, 6) is -0.0370. The number of carbonyl (C=O) groups excluding carboxylic acids is 2. The summed E-state index contributed by atoms with van der Waals surface area (Å²) in [4.78, 5) is 38.2. The van der Waals surface area contributed by atoms with E-state index in [1.54, 1.807) is 24.3 Å². The van der Waals surface area contributed by atoms with Gasteiger partial charge >= 0.3 is 19.8 Å². The van der Waals surface area contributed by atoms with Crippen molar-refractivity contribution in [3.8, 4) is 0 Å². The molecule has 0 aliphatic heterocycles. The quantitative estimate of drug-likeness (QED) is 0.0752. The molecule has 0 fully saturated rings. The number of amides is 2. The van der Waals surface area contributed by atoms with Crippen LogP contribution in [0.25, 0.3) is 0 Å². The molecule has 3 N–H and O–H groups in total. The summed E-state index contributed by atoms with van der Waals surface area (Å²) in [7, 11) is -4.43. The first-order valence-electron chi connectivity index (χ1n) is 15.7. The minimum atomic E-state index is -4.43. The fourth-order valence-electron chi connectivity index (χ4n) is 4.94. The number of urea groups is 1. The van der Waals surface area contributed by atoms with Gasteiger partial charge < -0.3 is 25.2 Å². The van der Waals surface area contributed by atoms with Crippen molar-refractivity contribution in [1.29, 1.82) is 0 Å². The van der Waals surface area contributed by atoms with Gasteiger partial charge in [-0.3, -0.25) is 9.32 Å². The number of nitrogens with zero attached hydrogens (tertiary/aromatic N) is 1. The number of anilines is 3. The highest BCUT2D eigenvalue weighted by Gasteiger charge is 2.24. The molecule has 0 radical (unpaired) electrons. The molecule has 0 saturated heterocycles. The molecule has 250 valence electrons. The molecule has 0 bridgehead atoms. The molecule has 2 amide bonds. The number of nitrogens with one attached hydrogen (secondary N) is 2. The smallest absolute Gasteiger partial charge is 0.438 e. The van der Waals surface area contributed by atoms with Crippen LogP contribution in [0.5, 0.6) is 0 Å². The van der Waals surface area contributed by atoms with E-state index >= 15 is 0 Å². The van der Waals surface area contributed by atoms with Crippen molar-refractivity contribution < 1.29 is 32.8 Å². The number of hydrogen-bond donors (Lipinski definition) is 3. The van der Waals surface area contributed by atoms with E-state index in [1.807, 2.05) is 62.4 Å². The van der Waals surface area contributed by atoms with Crippen molar-refractivity contribution in [2.24, 2.45) is 11.8 Å². The van der Waals surface area contributed by atoms with E-state index in [0.29, 0.717) is 35.2 Å². The fraction of sp³-hybridized carbons (Fsp3) is 0.429. The van der Waals surface area contributed by atoms with Gasteiger partial charge in [0.1, 0.15) is 0 Å². The summed E-state index contributed by atoms with van der Waals surface area (Å²) in [6, 6.07) is 22.0. The number of phosphoric acid groups is 1. The molecular weight excluding hydrogens is 605 g/mol. The van der Waals surface area contributed by atoms with Gasteiger partial charge in [-0.2, -0.15) is 0 Å². The molecular formula is C35H48N3O7P. The first-order valence-corrected chi connectivity index (χ1v) is 17.2. The van der Waals surface area contributed by atoms with E-state index in [4.69, 9.17) is 13.8 Å². The number of phosphoric ester groups is 1. The molecule has 0 aliphatic rings. The summed E-state index contributed by atoms with van der Waals surface area (Å²) >= 11 is 0. The van der Waals surface area contributed by atoms with Crippen LogP contribution in [-0.4, -0.2) is 36.8 Å². The maximum atomic E-state index is 13.2. The number of hydrogen-bond acceptors (Lipinski definition) is 7. The molecule has 3 aromatic rings. The Morgan fingerprint density at radius 2 is 1.54 bits per heavy atom. The molecule has 0 aliphatic carbocycles. The maximum Gasteiger partial charge on any atom is 0.475 e. The Hall–Kier alpha value is -3.69. The van der Waals surface area contributed by atoms with E-state index in [9.17, 15) is 19.0 Å². The van der Waals surface area contributed by atoms with Crippen LogP contribution in [0.15, 0.2) is 72.8 Å². The number of ether oxygens (including phenoxy) is 1. The lowest BCUT2D eigenvalue weighted by Crippen LogP contribution is -2.32. The topological polar surface area (TPSA) is 126 Å². The summed E-state index contributed by atoms with van der Waals surface area (Å²) < 4.78 is 27.2. The standard InChI is InChI=1S/C35H48N3O7P/c1-7-29(20-34(39)43-24-45-46(41,42)44-23-28-11-9-8-10-12-28)30-15-18-33(38(21-25(2)3)22-26(4)5)32(19-30)37-35(40)36-31-16-13-27(6)14-17-31/h8-19,25-26,29H,7,20-24H2,1-6H3,(H,41,42)(H2,36,37,40). The third-order valence-electron chi connectivity index (χ3n) is 7.14. The fourth-order valence-corrected chi connectivity index (χ4v) is 5.51. The van der Waals surface area contributed by atoms with Crippen molar-refractivity contribution in [1.82, 2.24) is 0 Å². The van der Waals surface area contributed by atoms with Gasteiger partial charge in [-0.05, 0) is 66.5 Å². The monoisotopic (exact) mass is 653 g/mol. The van der Waals surface area contributed by atoms with Gasteiger partial charge in [-0.15, -0.1) is 0 Å². The lowest BCUT2D eigenvalue weighted by Gasteiger charge is -2.31. The number of carbonyl (C=O) groups is 2. The third kappa shape index (κ3) is 12.6. The predicted octanol–water partition coefficient (Wildman–Crippen LogP) is 8.48. The van der Waals surface area contributed by atoms with Crippen LogP contribution in [-0.2, 0) is 29.8 Å². The molecule has 0 aromatic heterocycles. The minimum absolute atomic E-state index is 0.0104. The normalized spacial score (nSPS) is 13.2. The molecule has 2 atom stereocenters. The first kappa shape index (κ1) is 36.8. The van der Waals surface area contributed by atoms with E-state index in [1.165, 1.54) is 0 Å². The Balaban J connectivity index is 1.72. The van der Waals surface area contributed by atoms with Crippen molar-refractivity contribution in [2.45, 2.75) is 66.9 Å². The van der Waals surface area contributed by atoms with Gasteiger partial charge in [-0.25, -0.2) is 13.9 Å². The van der Waals surface area contributed by atoms with Crippen LogP contribution in [0.3, 0.4) is 0 Å². The van der Waals surface area contributed by atoms with Crippen LogP contribution in [0, 0.1) is 18.8 Å². The second-order valence-corrected chi connectivity index (χ2v) is 13.7. The highest BCUT2D eigenvalue weighted by molar-refractivity contribution is 7.47. The van der Waals surface area contributed by atoms with Crippen LogP contribution < -0.4 is 15.5 Å². The van der Waals surface area contributed by atoms with Crippen molar-refractivity contribution in [3.63, 3.8) is 0 Å². The summed E-state index contributed by atoms with van der Waals surface area (Å²) in [5.41, 5.74) is 4.85. The van der Waals surface area contributed by atoms with Gasteiger partial charge in [-0.1, -0.05) is 88.7 Å². The molecule has 11 heteroatoms. The third-order valence-corrected chi connectivity index (χ3v) is 8.03. The second-order valence-electron chi connectivity index (χ2n) is 12.2. The zero-order chi connectivity index (χ0) is 33.7. The summed E-state index contributed by atoms with van der Waals surface area (Å²) in [6.45, 7) is 13.3. The van der Waals surface area contributed by atoms with Gasteiger partial charge in [0.15, 0.2) is 0 Å². The van der Waals surface area contributed by atoms with Crippen molar-refractivity contribution in [2.75, 3.05) is 35.4 Å². The van der Waals surface area contributed by atoms with Gasteiger partial charge in [0, 0.05) is 18.8 Å². The number of rotatable bonds is 17. The zero-order valence-corrected chi connectivity index (χ0v) is 28.6. The van der Waals surface area contributed by atoms with Crippen LogP contribution in [0.4, 0.5) is 21.9 Å². The average molecular weight is 654 g/mol. The van der Waals surface area contributed by atoms with E-state index in [-0.39, 0.29) is 25.0 Å². The van der Waals surface area contributed by atoms with Crippen molar-refractivity contribution in [3.05, 3.63) is 89.5 Å². The molecule has 46 heavy (non-hydrogen) atoms. The Morgan fingerprint density at radius 3 is 2.15 bits per heavy atom. The van der Waals surface area contributed by atoms with Crippen molar-refractivity contribution >= 4 is 36.9 Å². The lowest BCUT2D eigenvalue weighted by molar-refractivity contribution is -0.151. The maximum absolute atomic E-state index is 13.2. The number of benzene rings is 3. The van der Waals surface area contributed by atoms with E-state index in [2.05, 4.69) is 43.2 Å². The predicted molar refractivity (Wildman–Crippen MR) is 183 cm³/mol. The van der Waals surface area contributed by atoms with Crippen LogP contribution >= 0.6 is 7.82 Å². The zero-order valence-electron chi connectivity index (χ0n) is 27.7. The summed E-state index contributed by atoms with van der Waals surface area (Å²) in [6.07, 6.45) is 0.626. The molecule has 0 spiro atoms. The highest BCUT2D eigenvalue weighted by Crippen LogP contribution is 2.44. The Kier molecular flexibility index (Phi) is 14.3. The Bertz CT molecular complexity index is 1440.